The van der Waals surface area contributed by atoms with Gasteiger partial charge in [0.05, 0.1) is 10.0 Å². The number of aryl methyl sites for hydroxylation is 1. The lowest BCUT2D eigenvalue weighted by atomic mass is 9.99. The van der Waals surface area contributed by atoms with Crippen molar-refractivity contribution in [3.8, 4) is 17.2 Å². The maximum atomic E-state index is 13.8. The molecule has 1 aliphatic heterocycles. The first-order valence-electron chi connectivity index (χ1n) is 12.1. The van der Waals surface area contributed by atoms with Gasteiger partial charge in [-0.25, -0.2) is 4.79 Å². The van der Waals surface area contributed by atoms with Gasteiger partial charge < -0.3 is 28.6 Å². The van der Waals surface area contributed by atoms with Gasteiger partial charge in [-0.1, -0.05) is 48.3 Å². The van der Waals surface area contributed by atoms with Crippen molar-refractivity contribution in [2.75, 3.05) is 31.1 Å². The molecule has 0 bridgehead atoms. The maximum absolute atomic E-state index is 13.8. The van der Waals surface area contributed by atoms with Crippen LogP contribution in [-0.2, 0) is 0 Å². The SMILES string of the molecule is Cc1c(N2CCN(C(=O)c3c(-c4c(Cl)cccc4Cl)noc3C(C)C)CC2)ccc2oc(OC(=O)O)cc12. The Morgan fingerprint density at radius 2 is 1.76 bits per heavy atom. The quantitative estimate of drug-likeness (QED) is 0.265. The number of carbonyl (C=O) groups is 2. The van der Waals surface area contributed by atoms with Crippen molar-refractivity contribution in [3.05, 3.63) is 63.3 Å². The number of rotatable bonds is 5. The molecule has 0 atom stereocenters. The average molecular weight is 558 g/mol. The zero-order chi connectivity index (χ0) is 27.1. The molecule has 0 radical (unpaired) electrons. The number of carbonyl (C=O) groups excluding carboxylic acids is 1. The van der Waals surface area contributed by atoms with E-state index in [1.54, 1.807) is 35.2 Å². The molecule has 0 saturated carbocycles. The van der Waals surface area contributed by atoms with Crippen molar-refractivity contribution < 1.29 is 28.4 Å². The zero-order valence-electron chi connectivity index (χ0n) is 21.0. The third-order valence-corrected chi connectivity index (χ3v) is 7.30. The number of halogens is 2. The highest BCUT2D eigenvalue weighted by Gasteiger charge is 2.33. The summed E-state index contributed by atoms with van der Waals surface area (Å²) in [6, 6.07) is 10.4. The van der Waals surface area contributed by atoms with E-state index >= 15 is 0 Å². The van der Waals surface area contributed by atoms with Crippen LogP contribution in [0.1, 0.15) is 41.4 Å². The first kappa shape index (κ1) is 25.9. The van der Waals surface area contributed by atoms with Gasteiger partial charge in [0.25, 0.3) is 11.9 Å². The van der Waals surface area contributed by atoms with Gasteiger partial charge in [0.1, 0.15) is 16.8 Å². The van der Waals surface area contributed by atoms with Crippen LogP contribution < -0.4 is 9.64 Å². The summed E-state index contributed by atoms with van der Waals surface area (Å²) in [5, 5.41) is 14.6. The standard InChI is InChI=1S/C27H25Cl2N3O6/c1-14(2)25-23(24(30-38-25)22-17(28)5-4-6-18(22)29)26(33)32-11-9-31(10-12-32)19-7-8-20-16(15(19)3)13-21(36-20)37-27(34)35/h4-8,13-14H,9-12H2,1-3H3,(H,34,35). The second kappa shape index (κ2) is 10.2. The molecule has 0 spiro atoms. The number of piperazine rings is 1. The summed E-state index contributed by atoms with van der Waals surface area (Å²) < 4.78 is 15.8. The highest BCUT2D eigenvalue weighted by molar-refractivity contribution is 6.39. The summed E-state index contributed by atoms with van der Waals surface area (Å²) >= 11 is 12.9. The van der Waals surface area contributed by atoms with Crippen molar-refractivity contribution in [2.24, 2.45) is 0 Å². The molecule has 9 nitrogen and oxygen atoms in total. The monoisotopic (exact) mass is 557 g/mol. The van der Waals surface area contributed by atoms with Gasteiger partial charge in [0.15, 0.2) is 5.76 Å². The molecule has 5 rings (SSSR count). The Morgan fingerprint density at radius 3 is 2.39 bits per heavy atom. The molecule has 0 unspecified atom stereocenters. The molecule has 11 heteroatoms. The maximum Gasteiger partial charge on any atom is 0.513 e. The van der Waals surface area contributed by atoms with Crippen molar-refractivity contribution in [1.29, 1.82) is 0 Å². The molecule has 38 heavy (non-hydrogen) atoms. The minimum atomic E-state index is -1.43. The van der Waals surface area contributed by atoms with Gasteiger partial charge >= 0.3 is 6.16 Å². The van der Waals surface area contributed by atoms with Crippen molar-refractivity contribution >= 4 is 51.9 Å². The van der Waals surface area contributed by atoms with Crippen molar-refractivity contribution in [1.82, 2.24) is 10.1 Å². The molecule has 0 aliphatic carbocycles. The Labute approximate surface area is 228 Å². The van der Waals surface area contributed by atoms with E-state index in [4.69, 9.17) is 37.2 Å². The molecule has 1 N–H and O–H groups in total. The number of carboxylic acid groups (broad SMARTS) is 1. The summed E-state index contributed by atoms with van der Waals surface area (Å²) in [5.41, 5.74) is 3.65. The van der Waals surface area contributed by atoms with Crippen LogP contribution in [0.2, 0.25) is 10.0 Å². The highest BCUT2D eigenvalue weighted by Crippen LogP contribution is 2.39. The third kappa shape index (κ3) is 4.68. The van der Waals surface area contributed by atoms with Gasteiger partial charge in [0, 0.05) is 54.8 Å². The molecular weight excluding hydrogens is 533 g/mol. The second-order valence-electron chi connectivity index (χ2n) is 9.36. The second-order valence-corrected chi connectivity index (χ2v) is 10.2. The van der Waals surface area contributed by atoms with Crippen LogP contribution in [0.3, 0.4) is 0 Å². The van der Waals surface area contributed by atoms with Gasteiger partial charge in [0.2, 0.25) is 0 Å². The number of fused-ring (bicyclic) bond motifs is 1. The number of hydrogen-bond donors (Lipinski definition) is 1. The van der Waals surface area contributed by atoms with Crippen LogP contribution in [0.15, 0.2) is 45.3 Å². The number of nitrogens with zero attached hydrogens (tertiary/aromatic N) is 3. The lowest BCUT2D eigenvalue weighted by Gasteiger charge is -2.37. The Balaban J connectivity index is 1.39. The van der Waals surface area contributed by atoms with E-state index in [1.807, 2.05) is 26.8 Å². The summed E-state index contributed by atoms with van der Waals surface area (Å²) in [6.45, 7) is 7.98. The Hall–Kier alpha value is -3.69. The topological polar surface area (TPSA) is 109 Å². The predicted octanol–water partition coefficient (Wildman–Crippen LogP) is 6.85. The number of hydrogen-bond acceptors (Lipinski definition) is 7. The molecule has 2 aromatic carbocycles. The third-order valence-electron chi connectivity index (χ3n) is 6.67. The minimum absolute atomic E-state index is 0.0721. The summed E-state index contributed by atoms with van der Waals surface area (Å²) in [4.78, 5) is 28.7. The molecule has 1 aliphatic rings. The number of ether oxygens (including phenoxy) is 1. The van der Waals surface area contributed by atoms with Crippen LogP contribution in [0.5, 0.6) is 5.95 Å². The van der Waals surface area contributed by atoms with Crippen LogP contribution in [0, 0.1) is 6.92 Å². The fourth-order valence-electron chi connectivity index (χ4n) is 4.80. The van der Waals surface area contributed by atoms with Gasteiger partial charge in [-0.15, -0.1) is 0 Å². The van der Waals surface area contributed by atoms with Gasteiger partial charge in [-0.3, -0.25) is 4.79 Å². The fourth-order valence-corrected chi connectivity index (χ4v) is 5.38. The van der Waals surface area contributed by atoms with E-state index in [0.29, 0.717) is 64.4 Å². The first-order valence-corrected chi connectivity index (χ1v) is 12.8. The van der Waals surface area contributed by atoms with E-state index in [2.05, 4.69) is 14.8 Å². The normalized spacial score (nSPS) is 13.9. The zero-order valence-corrected chi connectivity index (χ0v) is 22.5. The fraction of sp³-hybridized carbons (Fsp3) is 0.296. The van der Waals surface area contributed by atoms with Crippen molar-refractivity contribution in [2.45, 2.75) is 26.7 Å². The number of aromatic nitrogens is 1. The number of amides is 1. The van der Waals surface area contributed by atoms with E-state index in [1.165, 1.54) is 0 Å². The molecular formula is C27H25Cl2N3O6. The first-order chi connectivity index (χ1) is 18.2. The molecule has 198 valence electrons. The summed E-state index contributed by atoms with van der Waals surface area (Å²) in [7, 11) is 0. The van der Waals surface area contributed by atoms with E-state index < -0.39 is 6.16 Å². The molecule has 4 aromatic rings. The highest BCUT2D eigenvalue weighted by atomic mass is 35.5. The van der Waals surface area contributed by atoms with E-state index in [-0.39, 0.29) is 17.8 Å². The van der Waals surface area contributed by atoms with Crippen LogP contribution in [-0.4, -0.2) is 53.4 Å². The Bertz CT molecular complexity index is 1520. The van der Waals surface area contributed by atoms with E-state index in [9.17, 15) is 9.59 Å². The number of anilines is 1. The molecule has 1 saturated heterocycles. The summed E-state index contributed by atoms with van der Waals surface area (Å²) in [5.74, 6) is 0.159. The molecule has 1 amide bonds. The minimum Gasteiger partial charge on any atom is -0.449 e. The summed E-state index contributed by atoms with van der Waals surface area (Å²) in [6.07, 6.45) is -1.43. The lowest BCUT2D eigenvalue weighted by Crippen LogP contribution is -2.49. The Kier molecular flexibility index (Phi) is 6.98. The average Bonchev–Trinajstić information content (AvgIpc) is 3.48. The molecule has 1 fully saturated rings. The van der Waals surface area contributed by atoms with Crippen LogP contribution >= 0.6 is 23.2 Å². The number of furan rings is 1. The van der Waals surface area contributed by atoms with Gasteiger partial charge in [-0.05, 0) is 36.8 Å². The predicted molar refractivity (Wildman–Crippen MR) is 144 cm³/mol. The molecule has 2 aromatic heterocycles. The van der Waals surface area contributed by atoms with Gasteiger partial charge in [-0.2, -0.15) is 0 Å². The smallest absolute Gasteiger partial charge is 0.449 e. The van der Waals surface area contributed by atoms with Crippen molar-refractivity contribution in [3.63, 3.8) is 0 Å². The molecule has 3 heterocycles. The van der Waals surface area contributed by atoms with Crippen LogP contribution in [0.4, 0.5) is 10.5 Å². The van der Waals surface area contributed by atoms with Crippen LogP contribution in [0.25, 0.3) is 22.2 Å². The lowest BCUT2D eigenvalue weighted by molar-refractivity contribution is 0.0744. The number of benzene rings is 2. The van der Waals surface area contributed by atoms with E-state index in [0.717, 1.165) is 16.6 Å². The Morgan fingerprint density at radius 1 is 1.08 bits per heavy atom. The largest absolute Gasteiger partial charge is 0.513 e.